The molecule has 1 unspecified atom stereocenters. The summed E-state index contributed by atoms with van der Waals surface area (Å²) in [6, 6.07) is 27.1. The fourth-order valence-corrected chi connectivity index (χ4v) is 4.78. The molecule has 4 aromatic rings. The van der Waals surface area contributed by atoms with Crippen molar-refractivity contribution >= 4 is 28.1 Å². The predicted octanol–water partition coefficient (Wildman–Crippen LogP) is 6.12. The van der Waals surface area contributed by atoms with E-state index in [4.69, 9.17) is 0 Å². The summed E-state index contributed by atoms with van der Waals surface area (Å²) in [5, 5.41) is 7.90. The minimum Gasteiger partial charge on any atom is -0.361 e. The lowest BCUT2D eigenvalue weighted by atomic mass is 9.90. The Morgan fingerprint density at radius 3 is 2.50 bits per heavy atom. The van der Waals surface area contributed by atoms with Crippen LogP contribution in [-0.4, -0.2) is 23.5 Å². The van der Waals surface area contributed by atoms with Crippen LogP contribution in [0.15, 0.2) is 91.1 Å². The average Bonchev–Trinajstić information content (AvgIpc) is 3.29. The zero-order chi connectivity index (χ0) is 23.2. The van der Waals surface area contributed by atoms with Crippen molar-refractivity contribution in [3.63, 3.8) is 0 Å². The van der Waals surface area contributed by atoms with Gasteiger partial charge in [0.15, 0.2) is 0 Å². The Kier molecular flexibility index (Phi) is 6.87. The number of carbonyl (C=O) groups excluding carboxylic acids is 1. The first-order chi connectivity index (χ1) is 16.7. The number of hydrogen-bond acceptors (Lipinski definition) is 2. The van der Waals surface area contributed by atoms with Gasteiger partial charge in [0.2, 0.25) is 5.91 Å². The normalized spacial score (nSPS) is 15.8. The fraction of sp³-hybridized carbons (Fsp3) is 0.233. The Morgan fingerprint density at radius 2 is 1.74 bits per heavy atom. The van der Waals surface area contributed by atoms with Gasteiger partial charge in [0.25, 0.3) is 0 Å². The second-order valence-corrected chi connectivity index (χ2v) is 9.06. The van der Waals surface area contributed by atoms with Crippen LogP contribution in [0.3, 0.4) is 0 Å². The number of amides is 1. The van der Waals surface area contributed by atoms with Gasteiger partial charge >= 0.3 is 0 Å². The highest BCUT2D eigenvalue weighted by Gasteiger charge is 2.17. The second kappa shape index (κ2) is 10.5. The van der Waals surface area contributed by atoms with E-state index >= 15 is 0 Å². The van der Waals surface area contributed by atoms with E-state index in [1.807, 2.05) is 36.4 Å². The highest BCUT2D eigenvalue weighted by Crippen LogP contribution is 2.32. The third kappa shape index (κ3) is 5.46. The Labute approximate surface area is 201 Å². The molecule has 34 heavy (non-hydrogen) atoms. The molecule has 1 aromatic heterocycles. The number of allylic oxidation sites excluding steroid dienone is 1. The highest BCUT2D eigenvalue weighted by molar-refractivity contribution is 5.95. The first kappa shape index (κ1) is 22.2. The van der Waals surface area contributed by atoms with Crippen LogP contribution in [0.1, 0.15) is 36.0 Å². The van der Waals surface area contributed by atoms with Crippen LogP contribution in [0.5, 0.6) is 0 Å². The van der Waals surface area contributed by atoms with Crippen LogP contribution < -0.4 is 10.6 Å². The maximum atomic E-state index is 12.5. The van der Waals surface area contributed by atoms with Gasteiger partial charge in [-0.05, 0) is 73.2 Å². The third-order valence-corrected chi connectivity index (χ3v) is 6.61. The molecule has 0 spiro atoms. The molecule has 0 radical (unpaired) electrons. The summed E-state index contributed by atoms with van der Waals surface area (Å²) in [5.41, 5.74) is 7.02. The number of hydrogen-bond donors (Lipinski definition) is 3. The van der Waals surface area contributed by atoms with E-state index in [-0.39, 0.29) is 5.91 Å². The summed E-state index contributed by atoms with van der Waals surface area (Å²) in [5.74, 6) is 0.00364. The van der Waals surface area contributed by atoms with Crippen LogP contribution in [0, 0.1) is 0 Å². The van der Waals surface area contributed by atoms with Crippen LogP contribution in [0.2, 0.25) is 0 Å². The van der Waals surface area contributed by atoms with Gasteiger partial charge in [-0.3, -0.25) is 4.79 Å². The van der Waals surface area contributed by atoms with Gasteiger partial charge in [0.05, 0.1) is 6.42 Å². The lowest BCUT2D eigenvalue weighted by Gasteiger charge is -2.23. The van der Waals surface area contributed by atoms with E-state index in [9.17, 15) is 4.79 Å². The van der Waals surface area contributed by atoms with Crippen LogP contribution in [0.4, 0.5) is 5.69 Å². The molecule has 0 saturated heterocycles. The molecule has 172 valence electrons. The number of H-pyrrole nitrogens is 1. The van der Waals surface area contributed by atoms with Gasteiger partial charge in [-0.25, -0.2) is 0 Å². The average molecular weight is 450 g/mol. The van der Waals surface area contributed by atoms with Crippen molar-refractivity contribution in [3.8, 4) is 0 Å². The van der Waals surface area contributed by atoms with Crippen molar-refractivity contribution in [2.45, 2.75) is 38.1 Å². The Bertz CT molecular complexity index is 1270. The summed E-state index contributed by atoms with van der Waals surface area (Å²) >= 11 is 0. The molecule has 1 heterocycles. The molecule has 1 atom stereocenters. The molecule has 1 amide bonds. The number of para-hydroxylation sites is 1. The summed E-state index contributed by atoms with van der Waals surface area (Å²) in [7, 11) is 0. The number of fused-ring (bicyclic) bond motifs is 1. The molecule has 3 N–H and O–H groups in total. The molecule has 4 heteroatoms. The number of aromatic amines is 1. The molecule has 3 aromatic carbocycles. The Morgan fingerprint density at radius 1 is 0.941 bits per heavy atom. The Hall–Kier alpha value is -3.63. The van der Waals surface area contributed by atoms with Crippen molar-refractivity contribution in [1.82, 2.24) is 10.3 Å². The van der Waals surface area contributed by atoms with E-state index in [1.165, 1.54) is 22.1 Å². The number of rotatable bonds is 8. The van der Waals surface area contributed by atoms with E-state index in [1.54, 1.807) is 0 Å². The van der Waals surface area contributed by atoms with Gasteiger partial charge in [0, 0.05) is 34.4 Å². The summed E-state index contributed by atoms with van der Waals surface area (Å²) in [6.07, 6.45) is 9.20. The molecule has 0 fully saturated rings. The number of nitrogens with one attached hydrogen (secondary N) is 3. The standard InChI is InChI=1S/C30H31N3O/c34-30(33-26-9-5-2-6-10-26)20-23-11-16-29-27(19-23)28(21-32-29)24-12-14-25(15-13-24)31-18-17-22-7-3-1-4-8-22/h1-12,16,19,21,25,31-32H,13-15,17-18,20H2,(H,33,34). The third-order valence-electron chi connectivity index (χ3n) is 6.61. The monoisotopic (exact) mass is 449 g/mol. The molecule has 1 aliphatic rings. The van der Waals surface area contributed by atoms with E-state index in [2.05, 4.69) is 70.4 Å². The maximum absolute atomic E-state index is 12.5. The van der Waals surface area contributed by atoms with Crippen molar-refractivity contribution in [1.29, 1.82) is 0 Å². The smallest absolute Gasteiger partial charge is 0.228 e. The number of anilines is 1. The van der Waals surface area contributed by atoms with Gasteiger partial charge in [-0.2, -0.15) is 0 Å². The summed E-state index contributed by atoms with van der Waals surface area (Å²) in [4.78, 5) is 15.9. The van der Waals surface area contributed by atoms with Crippen molar-refractivity contribution in [2.75, 3.05) is 11.9 Å². The topological polar surface area (TPSA) is 56.9 Å². The van der Waals surface area contributed by atoms with Crippen molar-refractivity contribution in [3.05, 3.63) is 108 Å². The zero-order valence-corrected chi connectivity index (χ0v) is 19.4. The number of benzene rings is 3. The zero-order valence-electron chi connectivity index (χ0n) is 19.4. The largest absolute Gasteiger partial charge is 0.361 e. The lowest BCUT2D eigenvalue weighted by molar-refractivity contribution is -0.115. The molecular formula is C30H31N3O. The van der Waals surface area contributed by atoms with E-state index in [0.29, 0.717) is 12.5 Å². The minimum atomic E-state index is 0.00364. The number of aromatic nitrogens is 1. The van der Waals surface area contributed by atoms with Gasteiger partial charge in [-0.15, -0.1) is 0 Å². The highest BCUT2D eigenvalue weighted by atomic mass is 16.1. The molecule has 0 aliphatic heterocycles. The minimum absolute atomic E-state index is 0.00364. The quantitative estimate of drug-likeness (QED) is 0.304. The van der Waals surface area contributed by atoms with Gasteiger partial charge < -0.3 is 15.6 Å². The van der Waals surface area contributed by atoms with Gasteiger partial charge in [-0.1, -0.05) is 60.7 Å². The van der Waals surface area contributed by atoms with Crippen LogP contribution >= 0.6 is 0 Å². The van der Waals surface area contributed by atoms with Crippen LogP contribution in [-0.2, 0) is 17.6 Å². The SMILES string of the molecule is O=C(Cc1ccc2[nH]cc(C3=CCC(NCCc4ccccc4)CC3)c2c1)Nc1ccccc1. The summed E-state index contributed by atoms with van der Waals surface area (Å²) < 4.78 is 0. The second-order valence-electron chi connectivity index (χ2n) is 9.06. The molecule has 1 aliphatic carbocycles. The molecule has 0 saturated carbocycles. The van der Waals surface area contributed by atoms with Gasteiger partial charge in [0.1, 0.15) is 0 Å². The molecule has 5 rings (SSSR count). The van der Waals surface area contributed by atoms with Crippen molar-refractivity contribution in [2.24, 2.45) is 0 Å². The van der Waals surface area contributed by atoms with E-state index < -0.39 is 0 Å². The van der Waals surface area contributed by atoms with Crippen molar-refractivity contribution < 1.29 is 4.79 Å². The number of carbonyl (C=O) groups is 1. The van der Waals surface area contributed by atoms with Crippen LogP contribution in [0.25, 0.3) is 16.5 Å². The summed E-state index contributed by atoms with van der Waals surface area (Å²) in [6.45, 7) is 1.01. The fourth-order valence-electron chi connectivity index (χ4n) is 4.78. The first-order valence-corrected chi connectivity index (χ1v) is 12.2. The first-order valence-electron chi connectivity index (χ1n) is 12.2. The molecular weight excluding hydrogens is 418 g/mol. The molecule has 0 bridgehead atoms. The van der Waals surface area contributed by atoms with E-state index in [0.717, 1.165) is 49.0 Å². The molecule has 4 nitrogen and oxygen atoms in total. The lowest BCUT2D eigenvalue weighted by Crippen LogP contribution is -2.31. The maximum Gasteiger partial charge on any atom is 0.228 e. The predicted molar refractivity (Wildman–Crippen MR) is 141 cm³/mol. The Balaban J connectivity index is 1.21.